The fourth-order valence-electron chi connectivity index (χ4n) is 2.77. The molecule has 3 rings (SSSR count). The fraction of sp³-hybridized carbons (Fsp3) is 0.333. The molecule has 4 nitrogen and oxygen atoms in total. The average Bonchev–Trinajstić information content (AvgIpc) is 2.62. The van der Waals surface area contributed by atoms with Crippen molar-refractivity contribution in [1.29, 1.82) is 0 Å². The molecule has 1 aliphatic heterocycles. The monoisotopic (exact) mass is 313 g/mol. The first-order valence-corrected chi connectivity index (χ1v) is 7.96. The van der Waals surface area contributed by atoms with Gasteiger partial charge in [0.15, 0.2) is 0 Å². The summed E-state index contributed by atoms with van der Waals surface area (Å²) < 4.78 is 12.9. The van der Waals surface area contributed by atoms with Gasteiger partial charge in [0.25, 0.3) is 5.91 Å². The van der Waals surface area contributed by atoms with Crippen molar-refractivity contribution in [3.63, 3.8) is 0 Å². The van der Waals surface area contributed by atoms with Gasteiger partial charge in [-0.05, 0) is 49.1 Å². The molecular weight excluding hydrogens is 293 g/mol. The third-order valence-corrected chi connectivity index (χ3v) is 4.06. The minimum Gasteiger partial charge on any atom is -0.371 e. The van der Waals surface area contributed by atoms with E-state index in [1.165, 1.54) is 31.4 Å². The highest BCUT2D eigenvalue weighted by Crippen LogP contribution is 2.19. The SMILES string of the molecule is O=C(NCc1ccc(F)cc1)c1cc(N2CCCCC2)ccn1. The van der Waals surface area contributed by atoms with Crippen LogP contribution in [0.2, 0.25) is 0 Å². The molecule has 120 valence electrons. The van der Waals surface area contributed by atoms with Crippen molar-refractivity contribution < 1.29 is 9.18 Å². The normalized spacial score (nSPS) is 14.6. The van der Waals surface area contributed by atoms with Crippen molar-refractivity contribution in [2.45, 2.75) is 25.8 Å². The first-order chi connectivity index (χ1) is 11.2. The lowest BCUT2D eigenvalue weighted by atomic mass is 10.1. The number of rotatable bonds is 4. The van der Waals surface area contributed by atoms with Crippen LogP contribution in [0.25, 0.3) is 0 Å². The number of aromatic nitrogens is 1. The number of pyridine rings is 1. The third-order valence-electron chi connectivity index (χ3n) is 4.06. The van der Waals surface area contributed by atoms with Gasteiger partial charge in [0.05, 0.1) is 0 Å². The first kappa shape index (κ1) is 15.5. The molecule has 5 heteroatoms. The van der Waals surface area contributed by atoms with Crippen molar-refractivity contribution in [3.8, 4) is 0 Å². The molecule has 1 fully saturated rings. The van der Waals surface area contributed by atoms with E-state index < -0.39 is 0 Å². The lowest BCUT2D eigenvalue weighted by Gasteiger charge is -2.28. The van der Waals surface area contributed by atoms with E-state index in [-0.39, 0.29) is 11.7 Å². The summed E-state index contributed by atoms with van der Waals surface area (Å²) in [6.07, 6.45) is 5.33. The molecular formula is C18H20FN3O. The Morgan fingerprint density at radius 1 is 1.13 bits per heavy atom. The van der Waals surface area contributed by atoms with Gasteiger partial charge in [-0.1, -0.05) is 12.1 Å². The molecule has 23 heavy (non-hydrogen) atoms. The van der Waals surface area contributed by atoms with E-state index in [1.807, 2.05) is 12.1 Å². The van der Waals surface area contributed by atoms with E-state index in [1.54, 1.807) is 18.3 Å². The largest absolute Gasteiger partial charge is 0.371 e. The zero-order valence-corrected chi connectivity index (χ0v) is 13.0. The second kappa shape index (κ2) is 7.22. The highest BCUT2D eigenvalue weighted by Gasteiger charge is 2.14. The molecule has 0 unspecified atom stereocenters. The minimum absolute atomic E-state index is 0.215. The lowest BCUT2D eigenvalue weighted by Crippen LogP contribution is -2.30. The molecule has 0 spiro atoms. The molecule has 0 atom stereocenters. The third kappa shape index (κ3) is 4.06. The van der Waals surface area contributed by atoms with E-state index >= 15 is 0 Å². The van der Waals surface area contributed by atoms with Crippen LogP contribution in [-0.2, 0) is 6.54 Å². The summed E-state index contributed by atoms with van der Waals surface area (Å²) in [5.74, 6) is -0.496. The quantitative estimate of drug-likeness (QED) is 0.943. The van der Waals surface area contributed by atoms with Gasteiger partial charge in [0, 0.05) is 31.5 Å². The van der Waals surface area contributed by atoms with E-state index in [2.05, 4.69) is 15.2 Å². The van der Waals surface area contributed by atoms with Crippen LogP contribution in [0.1, 0.15) is 35.3 Å². The van der Waals surface area contributed by atoms with Crippen LogP contribution in [0, 0.1) is 5.82 Å². The van der Waals surface area contributed by atoms with Crippen molar-refractivity contribution in [2.75, 3.05) is 18.0 Å². The molecule has 0 bridgehead atoms. The maximum atomic E-state index is 12.9. The molecule has 2 heterocycles. The van der Waals surface area contributed by atoms with Gasteiger partial charge in [0.1, 0.15) is 11.5 Å². The topological polar surface area (TPSA) is 45.2 Å². The zero-order chi connectivity index (χ0) is 16.1. The van der Waals surface area contributed by atoms with E-state index in [9.17, 15) is 9.18 Å². The summed E-state index contributed by atoms with van der Waals surface area (Å²) in [7, 11) is 0. The summed E-state index contributed by atoms with van der Waals surface area (Å²) in [6.45, 7) is 2.41. The number of carbonyl (C=O) groups is 1. The standard InChI is InChI=1S/C18H20FN3O/c19-15-6-4-14(5-7-15)13-21-18(23)17-12-16(8-9-20-17)22-10-2-1-3-11-22/h4-9,12H,1-3,10-11,13H2,(H,21,23). The summed E-state index contributed by atoms with van der Waals surface area (Å²) >= 11 is 0. The van der Waals surface area contributed by atoms with E-state index in [4.69, 9.17) is 0 Å². The number of piperidine rings is 1. The number of nitrogens with zero attached hydrogens (tertiary/aromatic N) is 2. The number of hydrogen-bond donors (Lipinski definition) is 1. The Kier molecular flexibility index (Phi) is 4.86. The smallest absolute Gasteiger partial charge is 0.270 e. The van der Waals surface area contributed by atoms with Gasteiger partial charge in [-0.15, -0.1) is 0 Å². The molecule has 0 aliphatic carbocycles. The molecule has 1 aliphatic rings. The Labute approximate surface area is 135 Å². The van der Waals surface area contributed by atoms with Crippen molar-refractivity contribution in [1.82, 2.24) is 10.3 Å². The van der Waals surface area contributed by atoms with Gasteiger partial charge in [-0.25, -0.2) is 4.39 Å². The fourth-order valence-corrected chi connectivity index (χ4v) is 2.77. The second-order valence-corrected chi connectivity index (χ2v) is 5.76. The molecule has 1 aromatic heterocycles. The minimum atomic E-state index is -0.282. The van der Waals surface area contributed by atoms with Gasteiger partial charge < -0.3 is 10.2 Å². The van der Waals surface area contributed by atoms with Crippen LogP contribution in [0.5, 0.6) is 0 Å². The number of carbonyl (C=O) groups excluding carboxylic acids is 1. The number of benzene rings is 1. The number of amides is 1. The molecule has 1 aromatic carbocycles. The Hall–Kier alpha value is -2.43. The summed E-state index contributed by atoms with van der Waals surface area (Å²) in [5.41, 5.74) is 2.31. The van der Waals surface area contributed by atoms with Gasteiger partial charge >= 0.3 is 0 Å². The summed E-state index contributed by atoms with van der Waals surface area (Å²) in [4.78, 5) is 18.7. The number of hydrogen-bond acceptors (Lipinski definition) is 3. The molecule has 0 saturated carbocycles. The predicted octanol–water partition coefficient (Wildman–Crippen LogP) is 3.14. The van der Waals surface area contributed by atoms with Crippen LogP contribution >= 0.6 is 0 Å². The van der Waals surface area contributed by atoms with Gasteiger partial charge in [-0.2, -0.15) is 0 Å². The first-order valence-electron chi connectivity index (χ1n) is 7.96. The average molecular weight is 313 g/mol. The Morgan fingerprint density at radius 2 is 1.87 bits per heavy atom. The van der Waals surface area contributed by atoms with Crippen LogP contribution in [0.4, 0.5) is 10.1 Å². The van der Waals surface area contributed by atoms with E-state index in [0.717, 1.165) is 24.3 Å². The molecule has 1 saturated heterocycles. The highest BCUT2D eigenvalue weighted by molar-refractivity contribution is 5.93. The zero-order valence-electron chi connectivity index (χ0n) is 13.0. The van der Waals surface area contributed by atoms with Crippen LogP contribution in [0.3, 0.4) is 0 Å². The van der Waals surface area contributed by atoms with Crippen LogP contribution in [-0.4, -0.2) is 24.0 Å². The molecule has 1 amide bonds. The second-order valence-electron chi connectivity index (χ2n) is 5.76. The lowest BCUT2D eigenvalue weighted by molar-refractivity contribution is 0.0946. The Bertz CT molecular complexity index is 666. The molecule has 2 aromatic rings. The molecule has 1 N–H and O–H groups in total. The summed E-state index contributed by atoms with van der Waals surface area (Å²) in [6, 6.07) is 9.88. The number of anilines is 1. The maximum absolute atomic E-state index is 12.9. The van der Waals surface area contributed by atoms with Crippen molar-refractivity contribution in [3.05, 3.63) is 59.7 Å². The summed E-state index contributed by atoms with van der Waals surface area (Å²) in [5, 5.41) is 2.82. The van der Waals surface area contributed by atoms with Crippen LogP contribution < -0.4 is 10.2 Å². The maximum Gasteiger partial charge on any atom is 0.270 e. The number of nitrogens with one attached hydrogen (secondary N) is 1. The van der Waals surface area contributed by atoms with E-state index in [0.29, 0.717) is 12.2 Å². The predicted molar refractivity (Wildman–Crippen MR) is 87.9 cm³/mol. The van der Waals surface area contributed by atoms with Gasteiger partial charge in [0.2, 0.25) is 0 Å². The molecule has 0 radical (unpaired) electrons. The van der Waals surface area contributed by atoms with Crippen molar-refractivity contribution in [2.24, 2.45) is 0 Å². The van der Waals surface area contributed by atoms with Crippen LogP contribution in [0.15, 0.2) is 42.6 Å². The Balaban J connectivity index is 1.63. The highest BCUT2D eigenvalue weighted by atomic mass is 19.1. The number of halogens is 1. The van der Waals surface area contributed by atoms with Gasteiger partial charge in [-0.3, -0.25) is 9.78 Å². The van der Waals surface area contributed by atoms with Crippen molar-refractivity contribution >= 4 is 11.6 Å². The Morgan fingerprint density at radius 3 is 2.61 bits per heavy atom.